The lowest BCUT2D eigenvalue weighted by Crippen LogP contribution is -2.27. The van der Waals surface area contributed by atoms with Gasteiger partial charge < -0.3 is 9.15 Å². The summed E-state index contributed by atoms with van der Waals surface area (Å²) in [6.07, 6.45) is 1.64. The van der Waals surface area contributed by atoms with E-state index >= 15 is 0 Å². The number of methoxy groups -OCH3 is 1. The second-order valence-corrected chi connectivity index (χ2v) is 8.35. The van der Waals surface area contributed by atoms with Crippen molar-refractivity contribution in [3.63, 3.8) is 0 Å². The molecule has 0 bridgehead atoms. The Morgan fingerprint density at radius 1 is 1.16 bits per heavy atom. The second-order valence-electron chi connectivity index (χ2n) is 6.68. The van der Waals surface area contributed by atoms with Gasteiger partial charge in [-0.2, -0.15) is 0 Å². The zero-order chi connectivity index (χ0) is 22.1. The van der Waals surface area contributed by atoms with E-state index in [-0.39, 0.29) is 11.6 Å². The number of thiocarbonyl (C=S) groups is 1. The minimum absolute atomic E-state index is 0.0535. The first-order valence-electron chi connectivity index (χ1n) is 9.14. The van der Waals surface area contributed by atoms with Gasteiger partial charge in [0.15, 0.2) is 4.32 Å². The molecule has 1 saturated heterocycles. The fourth-order valence-electron chi connectivity index (χ4n) is 3.15. The monoisotopic (exact) mass is 452 g/mol. The summed E-state index contributed by atoms with van der Waals surface area (Å²) in [5.41, 5.74) is 1.97. The van der Waals surface area contributed by atoms with E-state index in [2.05, 4.69) is 0 Å². The number of carbonyl (C=O) groups is 1. The lowest BCUT2D eigenvalue weighted by atomic mass is 10.1. The number of benzene rings is 2. The predicted molar refractivity (Wildman–Crippen MR) is 124 cm³/mol. The van der Waals surface area contributed by atoms with Gasteiger partial charge in [-0.25, -0.2) is 0 Å². The zero-order valence-corrected chi connectivity index (χ0v) is 18.2. The summed E-state index contributed by atoms with van der Waals surface area (Å²) in [5, 5.41) is 11.0. The predicted octanol–water partition coefficient (Wildman–Crippen LogP) is 5.58. The Morgan fingerprint density at radius 2 is 1.90 bits per heavy atom. The smallest absolute Gasteiger partial charge is 0.272 e. The largest absolute Gasteiger partial charge is 0.497 e. The summed E-state index contributed by atoms with van der Waals surface area (Å²) in [6.45, 7) is 1.68. The summed E-state index contributed by atoms with van der Waals surface area (Å²) in [7, 11) is 1.58. The number of nitro benzene ring substituents is 1. The minimum Gasteiger partial charge on any atom is -0.497 e. The van der Waals surface area contributed by atoms with E-state index in [4.69, 9.17) is 21.4 Å². The molecule has 1 fully saturated rings. The summed E-state index contributed by atoms with van der Waals surface area (Å²) in [5.74, 6) is 1.50. The molecule has 1 amide bonds. The summed E-state index contributed by atoms with van der Waals surface area (Å²) in [4.78, 5) is 25.4. The SMILES string of the molecule is COc1ccc(N2C(=O)/C(=C\c3ccc(-c4ccc([N+](=O)[O-])c(C)c4)o3)SC2=S)cc1. The number of ether oxygens (including phenoxy) is 1. The molecule has 3 aromatic rings. The number of aryl methyl sites for hydroxylation is 1. The van der Waals surface area contributed by atoms with E-state index in [9.17, 15) is 14.9 Å². The van der Waals surface area contributed by atoms with E-state index in [1.54, 1.807) is 68.6 Å². The van der Waals surface area contributed by atoms with Gasteiger partial charge in [-0.1, -0.05) is 24.0 Å². The van der Waals surface area contributed by atoms with E-state index in [0.29, 0.717) is 43.3 Å². The summed E-state index contributed by atoms with van der Waals surface area (Å²) < 4.78 is 11.4. The number of nitro groups is 1. The molecule has 0 saturated carbocycles. The van der Waals surface area contributed by atoms with Crippen LogP contribution in [-0.2, 0) is 4.79 Å². The van der Waals surface area contributed by atoms with Gasteiger partial charge in [-0.05, 0) is 55.5 Å². The Hall–Kier alpha value is -3.43. The van der Waals surface area contributed by atoms with Crippen LogP contribution in [0.3, 0.4) is 0 Å². The highest BCUT2D eigenvalue weighted by molar-refractivity contribution is 8.27. The number of rotatable bonds is 5. The molecule has 1 aliphatic rings. The quantitative estimate of drug-likeness (QED) is 0.216. The fraction of sp³-hybridized carbons (Fsp3) is 0.0909. The number of thioether (sulfide) groups is 1. The Kier molecular flexibility index (Phi) is 5.62. The van der Waals surface area contributed by atoms with Crippen LogP contribution in [0.2, 0.25) is 0 Å². The molecule has 2 aromatic carbocycles. The van der Waals surface area contributed by atoms with Gasteiger partial charge in [0.25, 0.3) is 11.6 Å². The van der Waals surface area contributed by atoms with Crippen molar-refractivity contribution < 1.29 is 18.9 Å². The number of nitrogens with zero attached hydrogens (tertiary/aromatic N) is 2. The molecule has 0 aliphatic carbocycles. The summed E-state index contributed by atoms with van der Waals surface area (Å²) in [6, 6.07) is 15.4. The molecule has 0 unspecified atom stereocenters. The van der Waals surface area contributed by atoms with Crippen molar-refractivity contribution >= 4 is 51.7 Å². The highest BCUT2D eigenvalue weighted by Gasteiger charge is 2.33. The normalized spacial score (nSPS) is 15.0. The Balaban J connectivity index is 1.58. The maximum Gasteiger partial charge on any atom is 0.272 e. The standard InChI is InChI=1S/C22H16N2O5S2/c1-13-11-14(3-9-18(13)24(26)27)19-10-8-17(29-19)12-20-21(25)23(22(30)31-20)15-4-6-16(28-2)7-5-15/h3-12H,1-2H3/b20-12+. The molecule has 7 nitrogen and oxygen atoms in total. The minimum atomic E-state index is -0.419. The molecule has 156 valence electrons. The van der Waals surface area contributed by atoms with Crippen LogP contribution in [0.15, 0.2) is 63.9 Å². The van der Waals surface area contributed by atoms with E-state index < -0.39 is 4.92 Å². The highest BCUT2D eigenvalue weighted by Crippen LogP contribution is 2.37. The molecule has 0 spiro atoms. The van der Waals surface area contributed by atoms with Crippen LogP contribution in [0.4, 0.5) is 11.4 Å². The molecule has 1 aliphatic heterocycles. The van der Waals surface area contributed by atoms with Crippen molar-refractivity contribution in [1.29, 1.82) is 0 Å². The first-order chi connectivity index (χ1) is 14.9. The molecule has 0 N–H and O–H groups in total. The average Bonchev–Trinajstić information content (AvgIpc) is 3.32. The average molecular weight is 453 g/mol. The Bertz CT molecular complexity index is 1230. The van der Waals surface area contributed by atoms with Gasteiger partial charge >= 0.3 is 0 Å². The van der Waals surface area contributed by atoms with Crippen LogP contribution < -0.4 is 9.64 Å². The van der Waals surface area contributed by atoms with E-state index in [0.717, 1.165) is 0 Å². The van der Waals surface area contributed by atoms with Crippen molar-refractivity contribution in [2.75, 3.05) is 12.0 Å². The Labute approximate surface area is 187 Å². The van der Waals surface area contributed by atoms with Gasteiger partial charge in [0.1, 0.15) is 17.3 Å². The van der Waals surface area contributed by atoms with Gasteiger partial charge in [-0.15, -0.1) is 0 Å². The number of hydrogen-bond donors (Lipinski definition) is 0. The van der Waals surface area contributed by atoms with Crippen molar-refractivity contribution in [3.05, 3.63) is 80.9 Å². The third kappa shape index (κ3) is 4.10. The second kappa shape index (κ2) is 8.37. The van der Waals surface area contributed by atoms with Crippen LogP contribution >= 0.6 is 24.0 Å². The molecule has 1 aromatic heterocycles. The Morgan fingerprint density at radius 3 is 2.55 bits per heavy atom. The topological polar surface area (TPSA) is 85.8 Å². The molecule has 0 atom stereocenters. The van der Waals surface area contributed by atoms with Crippen molar-refractivity contribution in [2.45, 2.75) is 6.92 Å². The van der Waals surface area contributed by atoms with Gasteiger partial charge in [0, 0.05) is 23.3 Å². The first-order valence-corrected chi connectivity index (χ1v) is 10.4. The van der Waals surface area contributed by atoms with Crippen molar-refractivity contribution in [1.82, 2.24) is 0 Å². The van der Waals surface area contributed by atoms with Crippen LogP contribution in [0.1, 0.15) is 11.3 Å². The van der Waals surface area contributed by atoms with Crippen LogP contribution in [-0.4, -0.2) is 22.3 Å². The number of furan rings is 1. The van der Waals surface area contributed by atoms with Gasteiger partial charge in [0.2, 0.25) is 0 Å². The maximum atomic E-state index is 12.9. The molecule has 9 heteroatoms. The fourth-order valence-corrected chi connectivity index (χ4v) is 4.43. The molecule has 2 heterocycles. The molecule has 4 rings (SSSR count). The van der Waals surface area contributed by atoms with Crippen LogP contribution in [0.25, 0.3) is 17.4 Å². The molecule has 0 radical (unpaired) electrons. The lowest BCUT2D eigenvalue weighted by molar-refractivity contribution is -0.385. The first kappa shape index (κ1) is 20.8. The van der Waals surface area contributed by atoms with E-state index in [1.165, 1.54) is 22.7 Å². The van der Waals surface area contributed by atoms with Gasteiger partial charge in [0.05, 0.1) is 22.6 Å². The number of anilines is 1. The molecule has 31 heavy (non-hydrogen) atoms. The number of amides is 1. The third-order valence-corrected chi connectivity index (χ3v) is 6.00. The van der Waals surface area contributed by atoms with E-state index in [1.807, 2.05) is 0 Å². The maximum absolute atomic E-state index is 12.9. The molecular formula is C22H16N2O5S2. The van der Waals surface area contributed by atoms with Crippen LogP contribution in [0, 0.1) is 17.0 Å². The van der Waals surface area contributed by atoms with Crippen molar-refractivity contribution in [3.8, 4) is 17.1 Å². The molecular weight excluding hydrogens is 436 g/mol. The summed E-state index contributed by atoms with van der Waals surface area (Å²) >= 11 is 6.59. The highest BCUT2D eigenvalue weighted by atomic mass is 32.2. The lowest BCUT2D eigenvalue weighted by Gasteiger charge is -2.14. The van der Waals surface area contributed by atoms with Crippen LogP contribution in [0.5, 0.6) is 5.75 Å². The number of hydrogen-bond acceptors (Lipinski definition) is 7. The zero-order valence-electron chi connectivity index (χ0n) is 16.5. The van der Waals surface area contributed by atoms with Crippen molar-refractivity contribution in [2.24, 2.45) is 0 Å². The van der Waals surface area contributed by atoms with Gasteiger partial charge in [-0.3, -0.25) is 19.8 Å². The third-order valence-electron chi connectivity index (χ3n) is 4.70. The number of carbonyl (C=O) groups excluding carboxylic acids is 1.